The van der Waals surface area contributed by atoms with E-state index in [2.05, 4.69) is 5.32 Å². The largest absolute Gasteiger partial charge is 0.494 e. The number of carbonyl (C=O) groups is 1. The molecule has 1 aromatic rings. The number of nitrogens with one attached hydrogen (secondary N) is 1. The predicted molar refractivity (Wildman–Crippen MR) is 58.8 cm³/mol. The highest BCUT2D eigenvalue weighted by Crippen LogP contribution is 2.46. The standard InChI is InChI=1S/C12H13NO3/c1-15-8-4-2-5-9-10(8)13-11(14)12(16-9)6-3-7-12/h2,4-5H,3,6-7H2,1H3,(H,13,14). The molecule has 1 spiro atoms. The first kappa shape index (κ1) is 9.51. The summed E-state index contributed by atoms with van der Waals surface area (Å²) in [5.74, 6) is 1.30. The maximum absolute atomic E-state index is 11.9. The molecule has 1 aromatic carbocycles. The minimum Gasteiger partial charge on any atom is -0.494 e. The molecule has 4 nitrogen and oxygen atoms in total. The number of amides is 1. The van der Waals surface area contributed by atoms with E-state index in [1.165, 1.54) is 0 Å². The van der Waals surface area contributed by atoms with Crippen LogP contribution in [-0.4, -0.2) is 18.6 Å². The molecule has 4 heteroatoms. The normalized spacial score (nSPS) is 20.4. The highest BCUT2D eigenvalue weighted by Gasteiger charge is 2.50. The summed E-state index contributed by atoms with van der Waals surface area (Å²) in [6.07, 6.45) is 2.65. The number of hydrogen-bond donors (Lipinski definition) is 1. The van der Waals surface area contributed by atoms with Crippen molar-refractivity contribution in [2.75, 3.05) is 12.4 Å². The van der Waals surface area contributed by atoms with E-state index in [4.69, 9.17) is 9.47 Å². The molecule has 1 heterocycles. The zero-order valence-electron chi connectivity index (χ0n) is 9.08. The predicted octanol–water partition coefficient (Wildman–Crippen LogP) is 1.95. The van der Waals surface area contributed by atoms with E-state index in [0.717, 1.165) is 19.3 Å². The molecule has 0 bridgehead atoms. The van der Waals surface area contributed by atoms with Crippen LogP contribution < -0.4 is 14.8 Å². The van der Waals surface area contributed by atoms with Gasteiger partial charge in [0.25, 0.3) is 5.91 Å². The Labute approximate surface area is 93.5 Å². The Kier molecular flexibility index (Phi) is 1.87. The second-order valence-electron chi connectivity index (χ2n) is 4.24. The molecule has 16 heavy (non-hydrogen) atoms. The molecule has 0 saturated heterocycles. The average Bonchev–Trinajstić information content (AvgIpc) is 2.25. The molecule has 0 radical (unpaired) electrons. The maximum atomic E-state index is 11.9. The third-order valence-electron chi connectivity index (χ3n) is 3.33. The first-order chi connectivity index (χ1) is 7.75. The molecule has 2 aliphatic rings. The number of carbonyl (C=O) groups excluding carboxylic acids is 1. The molecule has 84 valence electrons. The molecule has 1 aliphatic heterocycles. The fraction of sp³-hybridized carbons (Fsp3) is 0.417. The van der Waals surface area contributed by atoms with Gasteiger partial charge in [-0.3, -0.25) is 4.79 Å². The van der Waals surface area contributed by atoms with E-state index < -0.39 is 5.60 Å². The number of fused-ring (bicyclic) bond motifs is 1. The highest BCUT2D eigenvalue weighted by molar-refractivity contribution is 6.02. The smallest absolute Gasteiger partial charge is 0.268 e. The summed E-state index contributed by atoms with van der Waals surface area (Å²) in [5.41, 5.74) is 0.0341. The first-order valence-corrected chi connectivity index (χ1v) is 5.43. The van der Waals surface area contributed by atoms with Crippen LogP contribution in [0.15, 0.2) is 18.2 Å². The number of rotatable bonds is 1. The SMILES string of the molecule is COc1cccc2c1NC(=O)C1(CCC1)O2. The third kappa shape index (κ3) is 1.13. The average molecular weight is 219 g/mol. The number of para-hydroxylation sites is 1. The van der Waals surface area contributed by atoms with Crippen LogP contribution in [0, 0.1) is 0 Å². The Bertz CT molecular complexity index is 452. The van der Waals surface area contributed by atoms with E-state index in [0.29, 0.717) is 17.2 Å². The lowest BCUT2D eigenvalue weighted by atomic mass is 9.78. The summed E-state index contributed by atoms with van der Waals surface area (Å²) in [6.45, 7) is 0. The summed E-state index contributed by atoms with van der Waals surface area (Å²) in [7, 11) is 1.58. The molecule has 0 atom stereocenters. The minimum atomic E-state index is -0.612. The zero-order valence-corrected chi connectivity index (χ0v) is 9.08. The number of benzene rings is 1. The number of ether oxygens (including phenoxy) is 2. The summed E-state index contributed by atoms with van der Waals surface area (Å²) < 4.78 is 11.0. The Morgan fingerprint density at radius 3 is 2.88 bits per heavy atom. The van der Waals surface area contributed by atoms with Crippen molar-refractivity contribution < 1.29 is 14.3 Å². The lowest BCUT2D eigenvalue weighted by Crippen LogP contribution is -2.55. The summed E-state index contributed by atoms with van der Waals surface area (Å²) in [6, 6.07) is 5.53. The van der Waals surface area contributed by atoms with Crippen LogP contribution in [0.1, 0.15) is 19.3 Å². The summed E-state index contributed by atoms with van der Waals surface area (Å²) in [4.78, 5) is 11.9. The van der Waals surface area contributed by atoms with Crippen molar-refractivity contribution in [3.05, 3.63) is 18.2 Å². The zero-order chi connectivity index (χ0) is 11.2. The van der Waals surface area contributed by atoms with Crippen molar-refractivity contribution >= 4 is 11.6 Å². The number of methoxy groups -OCH3 is 1. The van der Waals surface area contributed by atoms with Crippen molar-refractivity contribution in [2.45, 2.75) is 24.9 Å². The van der Waals surface area contributed by atoms with Crippen LogP contribution in [0.3, 0.4) is 0 Å². The van der Waals surface area contributed by atoms with Gasteiger partial charge in [-0.1, -0.05) is 6.07 Å². The molecule has 3 rings (SSSR count). The van der Waals surface area contributed by atoms with Crippen molar-refractivity contribution in [3.63, 3.8) is 0 Å². The molecule has 0 unspecified atom stereocenters. The van der Waals surface area contributed by atoms with Gasteiger partial charge in [0.2, 0.25) is 0 Å². The van der Waals surface area contributed by atoms with E-state index in [1.54, 1.807) is 13.2 Å². The van der Waals surface area contributed by atoms with Crippen LogP contribution in [-0.2, 0) is 4.79 Å². The van der Waals surface area contributed by atoms with Gasteiger partial charge in [-0.2, -0.15) is 0 Å². The van der Waals surface area contributed by atoms with Gasteiger partial charge in [0.05, 0.1) is 7.11 Å². The number of hydrogen-bond acceptors (Lipinski definition) is 3. The fourth-order valence-corrected chi connectivity index (χ4v) is 2.20. The molecule has 0 aromatic heterocycles. The molecule has 1 fully saturated rings. The number of anilines is 1. The summed E-state index contributed by atoms with van der Waals surface area (Å²) in [5, 5.41) is 2.88. The van der Waals surface area contributed by atoms with Gasteiger partial charge in [0.15, 0.2) is 5.60 Å². The third-order valence-corrected chi connectivity index (χ3v) is 3.33. The van der Waals surface area contributed by atoms with E-state index in [-0.39, 0.29) is 5.91 Å². The second-order valence-corrected chi connectivity index (χ2v) is 4.24. The van der Waals surface area contributed by atoms with Crippen LogP contribution >= 0.6 is 0 Å². The topological polar surface area (TPSA) is 47.6 Å². The molecule has 1 aliphatic carbocycles. The van der Waals surface area contributed by atoms with Crippen LogP contribution in [0.4, 0.5) is 5.69 Å². The quantitative estimate of drug-likeness (QED) is 0.785. The van der Waals surface area contributed by atoms with Gasteiger partial charge in [0, 0.05) is 0 Å². The van der Waals surface area contributed by atoms with Gasteiger partial charge in [0.1, 0.15) is 17.2 Å². The van der Waals surface area contributed by atoms with Crippen molar-refractivity contribution in [1.29, 1.82) is 0 Å². The second kappa shape index (κ2) is 3.14. The maximum Gasteiger partial charge on any atom is 0.268 e. The monoisotopic (exact) mass is 219 g/mol. The minimum absolute atomic E-state index is 0.0456. The van der Waals surface area contributed by atoms with Gasteiger partial charge < -0.3 is 14.8 Å². The molecular weight excluding hydrogens is 206 g/mol. The van der Waals surface area contributed by atoms with Gasteiger partial charge in [-0.15, -0.1) is 0 Å². The van der Waals surface area contributed by atoms with E-state index in [9.17, 15) is 4.79 Å². The Morgan fingerprint density at radius 1 is 1.44 bits per heavy atom. The van der Waals surface area contributed by atoms with Gasteiger partial charge in [-0.05, 0) is 31.4 Å². The van der Waals surface area contributed by atoms with Crippen molar-refractivity contribution in [2.24, 2.45) is 0 Å². The van der Waals surface area contributed by atoms with E-state index >= 15 is 0 Å². The van der Waals surface area contributed by atoms with Crippen LogP contribution in [0.25, 0.3) is 0 Å². The van der Waals surface area contributed by atoms with Crippen molar-refractivity contribution in [3.8, 4) is 11.5 Å². The van der Waals surface area contributed by atoms with Crippen LogP contribution in [0.2, 0.25) is 0 Å². The molecule has 1 amide bonds. The van der Waals surface area contributed by atoms with Gasteiger partial charge in [-0.25, -0.2) is 0 Å². The van der Waals surface area contributed by atoms with Crippen LogP contribution in [0.5, 0.6) is 11.5 Å². The fourth-order valence-electron chi connectivity index (χ4n) is 2.20. The Morgan fingerprint density at radius 2 is 2.25 bits per heavy atom. The Balaban J connectivity index is 2.04. The van der Waals surface area contributed by atoms with Crippen molar-refractivity contribution in [1.82, 2.24) is 0 Å². The molecular formula is C12H13NO3. The molecule has 1 N–H and O–H groups in total. The van der Waals surface area contributed by atoms with E-state index in [1.807, 2.05) is 12.1 Å². The first-order valence-electron chi connectivity index (χ1n) is 5.43. The molecule has 1 saturated carbocycles. The summed E-state index contributed by atoms with van der Waals surface area (Å²) >= 11 is 0. The Hall–Kier alpha value is -1.71. The lowest BCUT2D eigenvalue weighted by molar-refractivity contribution is -0.139. The van der Waals surface area contributed by atoms with Gasteiger partial charge >= 0.3 is 0 Å². The highest BCUT2D eigenvalue weighted by atomic mass is 16.5. The lowest BCUT2D eigenvalue weighted by Gasteiger charge is -2.43.